The average molecular weight is 801 g/mol. The van der Waals surface area contributed by atoms with Crippen LogP contribution in [0.3, 0.4) is 0 Å². The van der Waals surface area contributed by atoms with Crippen molar-refractivity contribution in [2.75, 3.05) is 0 Å². The Kier molecular flexibility index (Phi) is 17.1. The molecule has 0 bridgehead atoms. The molecule has 0 aliphatic heterocycles. The Morgan fingerprint density at radius 3 is 0.739 bits per heavy atom. The Labute approximate surface area is 310 Å². The fourth-order valence-corrected chi connectivity index (χ4v) is 36.1. The quantitative estimate of drug-likeness (QED) is 0.168. The van der Waals surface area contributed by atoms with E-state index in [1.807, 2.05) is 5.57 Å². The largest absolute Gasteiger partial charge is 1.00 e. The molecule has 0 aromatic heterocycles. The van der Waals surface area contributed by atoms with Crippen molar-refractivity contribution in [3.05, 3.63) is 10.9 Å². The molecule has 6 fully saturated rings. The summed E-state index contributed by atoms with van der Waals surface area (Å²) in [6.07, 6.45) is 47.2. The molecule has 0 unspecified atom stereocenters. The van der Waals surface area contributed by atoms with Crippen molar-refractivity contribution in [1.82, 2.24) is 0 Å². The molecule has 270 valence electrons. The average Bonchev–Trinajstić information content (AvgIpc) is 3.10. The van der Waals surface area contributed by atoms with Gasteiger partial charge >= 0.3 is 288 Å². The summed E-state index contributed by atoms with van der Waals surface area (Å²) in [5.41, 5.74) is 8.46. The molecule has 6 rings (SSSR count). The fraction of sp³-hybridized carbons (Fsp3) is 0.927. The second kappa shape index (κ2) is 19.5. The minimum absolute atomic E-state index is 0. The second-order valence-corrected chi connectivity index (χ2v) is 28.8. The molecule has 0 atom stereocenters. The maximum Gasteiger partial charge on any atom is -1.00 e. The molecule has 0 radical (unpaired) electrons. The molecule has 5 heteroatoms. The van der Waals surface area contributed by atoms with E-state index in [2.05, 4.69) is 40.9 Å². The van der Waals surface area contributed by atoms with Gasteiger partial charge in [-0.3, -0.25) is 0 Å². The van der Waals surface area contributed by atoms with Crippen LogP contribution in [0.2, 0.25) is 0 Å². The molecule has 6 aliphatic carbocycles. The minimum atomic E-state index is -1.79. The molecule has 6 aliphatic rings. The van der Waals surface area contributed by atoms with Gasteiger partial charge in [-0.1, -0.05) is 0 Å². The molecule has 46 heavy (non-hydrogen) atoms. The van der Waals surface area contributed by atoms with E-state index in [9.17, 15) is 0 Å². The third-order valence-corrected chi connectivity index (χ3v) is 32.7. The summed E-state index contributed by atoms with van der Waals surface area (Å²) in [7, 11) is -3.55. The molecule has 6 saturated carbocycles. The van der Waals surface area contributed by atoms with Gasteiger partial charge in [0, 0.05) is 0 Å². The van der Waals surface area contributed by atoms with Crippen molar-refractivity contribution in [1.29, 1.82) is 0 Å². The zero-order valence-corrected chi connectivity index (χ0v) is 35.5. The molecule has 0 amide bonds. The third-order valence-electron chi connectivity index (χ3n) is 15.2. The van der Waals surface area contributed by atoms with E-state index >= 15 is 0 Å². The Morgan fingerprint density at radius 2 is 0.543 bits per heavy atom. The van der Waals surface area contributed by atoms with Gasteiger partial charge in [-0.15, -0.1) is 0 Å². The van der Waals surface area contributed by atoms with E-state index in [1.165, 1.54) is 38.5 Å². The van der Waals surface area contributed by atoms with Crippen molar-refractivity contribution < 1.29 is 42.7 Å². The van der Waals surface area contributed by atoms with Gasteiger partial charge in [-0.2, -0.15) is 0 Å². The van der Waals surface area contributed by atoms with Crippen LogP contribution < -0.4 is 24.8 Å². The number of hydrogen-bond donors (Lipinski definition) is 0. The molecule has 0 heterocycles. The van der Waals surface area contributed by atoms with Gasteiger partial charge in [0.1, 0.15) is 0 Å². The van der Waals surface area contributed by atoms with Crippen LogP contribution in [0.1, 0.15) is 206 Å². The van der Waals surface area contributed by atoms with E-state index in [0.29, 0.717) is 0 Å². The van der Waals surface area contributed by atoms with E-state index in [-0.39, 0.29) is 24.8 Å². The van der Waals surface area contributed by atoms with Crippen LogP contribution in [0.4, 0.5) is 0 Å². The molecule has 0 spiro atoms. The van der Waals surface area contributed by atoms with E-state index in [1.54, 1.807) is 154 Å². The topological polar surface area (TPSA) is 0 Å². The first kappa shape index (κ1) is 40.4. The molecule has 0 aromatic rings. The molecule has 0 nitrogen and oxygen atoms in total. The summed E-state index contributed by atoms with van der Waals surface area (Å²) in [6.45, 7) is 5.39. The normalized spacial score (nSPS) is 26.8. The van der Waals surface area contributed by atoms with E-state index in [4.69, 9.17) is 0 Å². The van der Waals surface area contributed by atoms with E-state index < -0.39 is 14.5 Å². The molecular weight excluding hydrogens is 726 g/mol. The first-order valence-corrected chi connectivity index (χ1v) is 26.1. The van der Waals surface area contributed by atoms with Crippen LogP contribution >= 0.6 is 14.5 Å². The third kappa shape index (κ3) is 8.16. The smallest absolute Gasteiger partial charge is 1.00 e. The van der Waals surface area contributed by atoms with Gasteiger partial charge in [0.05, 0.1) is 0 Å². The monoisotopic (exact) mass is 800 g/mol. The summed E-state index contributed by atoms with van der Waals surface area (Å²) in [6, 6.07) is 0. The summed E-state index contributed by atoms with van der Waals surface area (Å²) in [4.78, 5) is 0. The molecule has 0 saturated heterocycles. The van der Waals surface area contributed by atoms with Crippen LogP contribution in [0.25, 0.3) is 0 Å². The van der Waals surface area contributed by atoms with Crippen molar-refractivity contribution in [2.45, 2.75) is 240 Å². The fourth-order valence-electron chi connectivity index (χ4n) is 13.7. The van der Waals surface area contributed by atoms with Crippen molar-refractivity contribution >= 4 is 18.4 Å². The first-order valence-electron chi connectivity index (χ1n) is 20.8. The standard InChI is InChI=1S/C41H74P2.2ClH.Ru/c1-34(2)41(43(38-27-15-6-16-28-38,39-29-17-7-18-30-39)40-31-19-8-20-32-40)33-42(35-21-9-3-10-22-35,36-23-11-4-12-24-36)37-25-13-5-14-26-37;;;/h35-40,42-43H,3-32H2,1-2H3;2*1H;/q;;;+2/p-2. The maximum atomic E-state index is 3.76. The summed E-state index contributed by atoms with van der Waals surface area (Å²) >= 11 is 3.76. The summed E-state index contributed by atoms with van der Waals surface area (Å²) < 4.78 is 2.19. The van der Waals surface area contributed by atoms with Crippen molar-refractivity contribution in [3.63, 3.8) is 0 Å². The van der Waals surface area contributed by atoms with E-state index in [0.717, 1.165) is 34.0 Å². The second-order valence-electron chi connectivity index (χ2n) is 17.6. The van der Waals surface area contributed by atoms with Crippen molar-refractivity contribution in [2.24, 2.45) is 0 Å². The van der Waals surface area contributed by atoms with Gasteiger partial charge in [-0.25, -0.2) is 0 Å². The summed E-state index contributed by atoms with van der Waals surface area (Å²) in [5, 5.41) is 2.24. The van der Waals surface area contributed by atoms with Crippen LogP contribution in [0, 0.1) is 0 Å². The van der Waals surface area contributed by atoms with Crippen molar-refractivity contribution in [3.8, 4) is 0 Å². The predicted molar refractivity (Wildman–Crippen MR) is 201 cm³/mol. The number of allylic oxidation sites excluding steroid dienone is 2. The minimum Gasteiger partial charge on any atom is -1.00 e. The van der Waals surface area contributed by atoms with Crippen LogP contribution in [0.15, 0.2) is 10.9 Å². The van der Waals surface area contributed by atoms with Gasteiger partial charge in [-0.05, 0) is 0 Å². The van der Waals surface area contributed by atoms with Crippen LogP contribution in [-0.4, -0.2) is 37.8 Å². The van der Waals surface area contributed by atoms with Gasteiger partial charge in [0.2, 0.25) is 0 Å². The Morgan fingerprint density at radius 1 is 0.348 bits per heavy atom. The van der Waals surface area contributed by atoms with Gasteiger partial charge < -0.3 is 24.8 Å². The number of rotatable bonds is 9. The Bertz CT molecular complexity index is 848. The Hall–Kier alpha value is 1.67. The summed E-state index contributed by atoms with van der Waals surface area (Å²) in [5.74, 6) is 0. The van der Waals surface area contributed by atoms with Gasteiger partial charge in [0.25, 0.3) is 0 Å². The van der Waals surface area contributed by atoms with Gasteiger partial charge in [0.15, 0.2) is 0 Å². The molecule has 0 N–H and O–H groups in total. The zero-order chi connectivity index (χ0) is 30.4. The van der Waals surface area contributed by atoms with Crippen LogP contribution in [0.5, 0.6) is 0 Å². The zero-order valence-electron chi connectivity index (χ0n) is 30.3. The Balaban J connectivity index is 0.00000240. The molecule has 0 aromatic carbocycles. The number of halogens is 2. The number of hydrogen-bond acceptors (Lipinski definition) is 0. The first-order chi connectivity index (χ1) is 21.6. The predicted octanol–water partition coefficient (Wildman–Crippen LogP) is 7.46. The van der Waals surface area contributed by atoms with Crippen LogP contribution in [-0.2, 0) is 17.9 Å². The maximum absolute atomic E-state index is 3.76. The SMILES string of the molecule is CC(C)=C([C](=[Ru+2])[PH](C1CCCCC1)(C1CCCCC1)C1CCCCC1)[PH](C1CCCCC1)(C1CCCCC1)C1CCCCC1.[Cl-].[Cl-]. The molecular formula is C41H74Cl2P2Ru.